The summed E-state index contributed by atoms with van der Waals surface area (Å²) in [7, 11) is 0. The number of anilines is 1. The number of fused-ring (bicyclic) bond motifs is 1. The molecule has 0 fully saturated rings. The number of aromatic nitrogens is 4. The number of hydrogen-bond acceptors (Lipinski definition) is 5. The Bertz CT molecular complexity index is 1390. The molecule has 4 aromatic rings. The minimum atomic E-state index is -0.833. The predicted octanol–water partition coefficient (Wildman–Crippen LogP) is 4.39. The molecule has 7 nitrogen and oxygen atoms in total. The van der Waals surface area contributed by atoms with Crippen molar-refractivity contribution in [3.05, 3.63) is 84.3 Å². The maximum Gasteiger partial charge on any atom is 0.310 e. The molecule has 1 aliphatic rings. The zero-order valence-corrected chi connectivity index (χ0v) is 17.4. The van der Waals surface area contributed by atoms with E-state index in [1.807, 2.05) is 61.7 Å². The first-order valence-corrected chi connectivity index (χ1v) is 10.3. The third-order valence-electron chi connectivity index (χ3n) is 5.76. The van der Waals surface area contributed by atoms with Gasteiger partial charge < -0.3 is 10.8 Å². The molecule has 1 aliphatic carbocycles. The lowest BCUT2D eigenvalue weighted by atomic mass is 9.94. The minimum Gasteiger partial charge on any atom is -0.481 e. The highest BCUT2D eigenvalue weighted by atomic mass is 16.4. The van der Waals surface area contributed by atoms with Crippen LogP contribution in [-0.4, -0.2) is 30.7 Å². The van der Waals surface area contributed by atoms with Gasteiger partial charge in [-0.15, -0.1) is 0 Å². The van der Waals surface area contributed by atoms with E-state index in [9.17, 15) is 9.90 Å². The van der Waals surface area contributed by atoms with Crippen molar-refractivity contribution in [2.24, 2.45) is 5.92 Å². The summed E-state index contributed by atoms with van der Waals surface area (Å²) in [6, 6.07) is 14.0. The van der Waals surface area contributed by atoms with Crippen molar-refractivity contribution in [1.29, 1.82) is 0 Å². The van der Waals surface area contributed by atoms with Gasteiger partial charge in [0.15, 0.2) is 5.65 Å². The van der Waals surface area contributed by atoms with Crippen LogP contribution in [-0.2, 0) is 4.79 Å². The van der Waals surface area contributed by atoms with Gasteiger partial charge in [0, 0.05) is 28.5 Å². The van der Waals surface area contributed by atoms with Gasteiger partial charge in [-0.05, 0) is 25.0 Å². The number of carboxylic acids is 1. The summed E-state index contributed by atoms with van der Waals surface area (Å²) in [5.41, 5.74) is 13.1. The van der Waals surface area contributed by atoms with Gasteiger partial charge in [-0.1, -0.05) is 54.6 Å². The van der Waals surface area contributed by atoms with Crippen LogP contribution in [0.1, 0.15) is 17.7 Å². The van der Waals surface area contributed by atoms with Crippen LogP contribution in [0.15, 0.2) is 73.1 Å². The fraction of sp³-hybridized carbons (Fsp3) is 0.120. The average Bonchev–Trinajstić information content (AvgIpc) is 3.26. The lowest BCUT2D eigenvalue weighted by Crippen LogP contribution is -2.13. The number of nitrogen functional groups attached to an aromatic ring is 1. The SMILES string of the molecule is Cc1c(C2=CCC(C(=O)O)C=C2)nc2c(-c3ccc(-c4ccccc4)nc3)cnn2c1N. The topological polar surface area (TPSA) is 106 Å². The van der Waals surface area contributed by atoms with E-state index in [-0.39, 0.29) is 0 Å². The van der Waals surface area contributed by atoms with Crippen molar-refractivity contribution < 1.29 is 9.90 Å². The van der Waals surface area contributed by atoms with Gasteiger partial charge in [-0.25, -0.2) is 4.98 Å². The summed E-state index contributed by atoms with van der Waals surface area (Å²) in [6.45, 7) is 1.90. The Morgan fingerprint density at radius 1 is 1.12 bits per heavy atom. The second-order valence-corrected chi connectivity index (χ2v) is 7.76. The highest BCUT2D eigenvalue weighted by Gasteiger charge is 2.21. The zero-order valence-electron chi connectivity index (χ0n) is 17.4. The van der Waals surface area contributed by atoms with E-state index in [2.05, 4.69) is 10.1 Å². The van der Waals surface area contributed by atoms with Crippen molar-refractivity contribution in [2.75, 3.05) is 5.73 Å². The number of hydrogen-bond donors (Lipinski definition) is 2. The Morgan fingerprint density at radius 2 is 1.94 bits per heavy atom. The molecule has 32 heavy (non-hydrogen) atoms. The molecule has 1 unspecified atom stereocenters. The quantitative estimate of drug-likeness (QED) is 0.504. The first kappa shape index (κ1) is 19.7. The highest BCUT2D eigenvalue weighted by Crippen LogP contribution is 2.32. The Kier molecular flexibility index (Phi) is 4.78. The van der Waals surface area contributed by atoms with Gasteiger partial charge >= 0.3 is 5.97 Å². The number of benzene rings is 1. The number of carbonyl (C=O) groups is 1. The molecule has 158 valence electrons. The van der Waals surface area contributed by atoms with E-state index in [1.165, 1.54) is 0 Å². The lowest BCUT2D eigenvalue weighted by Gasteiger charge is -2.15. The van der Waals surface area contributed by atoms with Crippen LogP contribution >= 0.6 is 0 Å². The fourth-order valence-corrected chi connectivity index (χ4v) is 3.89. The number of nitrogens with zero attached hydrogens (tertiary/aromatic N) is 4. The smallest absolute Gasteiger partial charge is 0.310 e. The molecule has 3 heterocycles. The normalized spacial score (nSPS) is 15.7. The van der Waals surface area contributed by atoms with Gasteiger partial charge in [-0.3, -0.25) is 9.78 Å². The van der Waals surface area contributed by atoms with Crippen molar-refractivity contribution in [2.45, 2.75) is 13.3 Å². The van der Waals surface area contributed by atoms with Crippen LogP contribution in [0.5, 0.6) is 0 Å². The van der Waals surface area contributed by atoms with Gasteiger partial charge in [0.25, 0.3) is 0 Å². The molecule has 5 rings (SSSR count). The Labute approximate surface area is 184 Å². The molecular weight excluding hydrogens is 402 g/mol. The summed E-state index contributed by atoms with van der Waals surface area (Å²) in [6.07, 6.45) is 9.38. The number of nitrogens with two attached hydrogens (primary N) is 1. The second-order valence-electron chi connectivity index (χ2n) is 7.76. The maximum atomic E-state index is 11.2. The van der Waals surface area contributed by atoms with Crippen LogP contribution in [0.25, 0.3) is 33.6 Å². The van der Waals surface area contributed by atoms with Crippen LogP contribution in [0, 0.1) is 12.8 Å². The molecule has 3 aromatic heterocycles. The third kappa shape index (κ3) is 3.33. The Hall–Kier alpha value is -4.26. The number of rotatable bonds is 4. The van der Waals surface area contributed by atoms with Crippen molar-refractivity contribution in [3.63, 3.8) is 0 Å². The second kappa shape index (κ2) is 7.77. The van der Waals surface area contributed by atoms with E-state index in [0.717, 1.165) is 39.2 Å². The molecule has 0 amide bonds. The fourth-order valence-electron chi connectivity index (χ4n) is 3.89. The highest BCUT2D eigenvalue weighted by molar-refractivity contribution is 5.84. The minimum absolute atomic E-state index is 0.421. The van der Waals surface area contributed by atoms with Gasteiger partial charge in [0.05, 0.1) is 23.5 Å². The average molecular weight is 423 g/mol. The third-order valence-corrected chi connectivity index (χ3v) is 5.76. The molecule has 0 radical (unpaired) electrons. The van der Waals surface area contributed by atoms with E-state index in [1.54, 1.807) is 22.9 Å². The molecule has 7 heteroatoms. The van der Waals surface area contributed by atoms with Crippen molar-refractivity contribution in [3.8, 4) is 22.4 Å². The molecule has 0 spiro atoms. The lowest BCUT2D eigenvalue weighted by molar-refractivity contribution is -0.139. The van der Waals surface area contributed by atoms with E-state index < -0.39 is 11.9 Å². The zero-order chi connectivity index (χ0) is 22.2. The van der Waals surface area contributed by atoms with E-state index in [0.29, 0.717) is 17.9 Å². The van der Waals surface area contributed by atoms with Crippen LogP contribution in [0.4, 0.5) is 5.82 Å². The maximum absolute atomic E-state index is 11.2. The number of pyridine rings is 1. The van der Waals surface area contributed by atoms with E-state index >= 15 is 0 Å². The standard InChI is InChI=1S/C25H21N5O2/c1-15-22(17-7-9-18(10-8-17)25(31)32)29-24-20(14-28-30(24)23(15)26)19-11-12-21(27-13-19)16-5-3-2-4-6-16/h2-9,11-14,18H,10,26H2,1H3,(H,31,32). The number of carboxylic acid groups (broad SMARTS) is 1. The largest absolute Gasteiger partial charge is 0.481 e. The molecule has 0 saturated carbocycles. The first-order chi connectivity index (χ1) is 15.5. The van der Waals surface area contributed by atoms with Gasteiger partial charge in [-0.2, -0.15) is 9.61 Å². The summed E-state index contributed by atoms with van der Waals surface area (Å²) in [4.78, 5) is 20.7. The molecule has 0 bridgehead atoms. The monoisotopic (exact) mass is 423 g/mol. The van der Waals surface area contributed by atoms with Crippen LogP contribution in [0.3, 0.4) is 0 Å². The first-order valence-electron chi connectivity index (χ1n) is 10.3. The molecule has 3 N–H and O–H groups in total. The van der Waals surface area contributed by atoms with E-state index in [4.69, 9.17) is 10.7 Å². The van der Waals surface area contributed by atoms with Gasteiger partial charge in [0.1, 0.15) is 5.82 Å². The number of aliphatic carboxylic acids is 1. The Balaban J connectivity index is 1.56. The summed E-state index contributed by atoms with van der Waals surface area (Å²) < 4.78 is 1.63. The van der Waals surface area contributed by atoms with Crippen molar-refractivity contribution >= 4 is 23.0 Å². The summed E-state index contributed by atoms with van der Waals surface area (Å²) >= 11 is 0. The summed E-state index contributed by atoms with van der Waals surface area (Å²) in [5.74, 6) is -0.847. The molecule has 0 saturated heterocycles. The molecular formula is C25H21N5O2. The van der Waals surface area contributed by atoms with Crippen molar-refractivity contribution in [1.82, 2.24) is 19.6 Å². The predicted molar refractivity (Wildman–Crippen MR) is 124 cm³/mol. The molecule has 1 aromatic carbocycles. The molecule has 1 atom stereocenters. The number of allylic oxidation sites excluding steroid dienone is 3. The Morgan fingerprint density at radius 3 is 2.59 bits per heavy atom. The van der Waals surface area contributed by atoms with Crippen LogP contribution < -0.4 is 5.73 Å². The van der Waals surface area contributed by atoms with Gasteiger partial charge in [0.2, 0.25) is 0 Å². The molecule has 0 aliphatic heterocycles. The summed E-state index contributed by atoms with van der Waals surface area (Å²) in [5, 5.41) is 13.7. The van der Waals surface area contributed by atoms with Crippen LogP contribution in [0.2, 0.25) is 0 Å².